The summed E-state index contributed by atoms with van der Waals surface area (Å²) in [6.07, 6.45) is 6.28. The number of carboxylic acid groups (broad SMARTS) is 1. The van der Waals surface area contributed by atoms with E-state index in [9.17, 15) is 14.3 Å². The van der Waals surface area contributed by atoms with Crippen molar-refractivity contribution in [3.63, 3.8) is 0 Å². The summed E-state index contributed by atoms with van der Waals surface area (Å²) in [5, 5.41) is 9.17. The van der Waals surface area contributed by atoms with E-state index < -0.39 is 11.8 Å². The minimum atomic E-state index is -1.13. The van der Waals surface area contributed by atoms with Gasteiger partial charge in [0, 0.05) is 13.6 Å². The number of anilines is 1. The molecule has 1 N–H and O–H groups in total. The third kappa shape index (κ3) is 2.37. The first-order valence-corrected chi connectivity index (χ1v) is 7.14. The molecule has 2 saturated carbocycles. The molecule has 2 aliphatic rings. The number of rotatable bonds is 4. The van der Waals surface area contributed by atoms with Crippen LogP contribution in [0.5, 0.6) is 0 Å². The van der Waals surface area contributed by atoms with Crippen LogP contribution in [-0.4, -0.2) is 29.7 Å². The van der Waals surface area contributed by atoms with Gasteiger partial charge in [0.1, 0.15) is 17.2 Å². The topological polar surface area (TPSA) is 53.4 Å². The number of aromatic nitrogens is 1. The first-order chi connectivity index (χ1) is 9.54. The number of nitrogens with zero attached hydrogens (tertiary/aromatic N) is 2. The molecule has 1 heterocycles. The van der Waals surface area contributed by atoms with E-state index in [1.807, 2.05) is 11.9 Å². The van der Waals surface area contributed by atoms with Crippen LogP contribution in [-0.2, 0) is 0 Å². The second-order valence-electron chi connectivity index (χ2n) is 6.15. The fourth-order valence-electron chi connectivity index (χ4n) is 3.93. The van der Waals surface area contributed by atoms with E-state index in [1.54, 1.807) is 0 Å². The molecule has 108 valence electrons. The molecule has 0 saturated heterocycles. The predicted molar refractivity (Wildman–Crippen MR) is 73.4 cm³/mol. The first-order valence-electron chi connectivity index (χ1n) is 7.14. The minimum absolute atomic E-state index is 0.0596. The minimum Gasteiger partial charge on any atom is -0.478 e. The van der Waals surface area contributed by atoms with Crippen molar-refractivity contribution in [2.75, 3.05) is 18.5 Å². The number of carboxylic acids is 1. The highest BCUT2D eigenvalue weighted by atomic mass is 19.1. The highest BCUT2D eigenvalue weighted by Gasteiger charge is 2.40. The molecule has 3 atom stereocenters. The fraction of sp³-hybridized carbons (Fsp3) is 0.600. The maximum absolute atomic E-state index is 13.2. The summed E-state index contributed by atoms with van der Waals surface area (Å²) < 4.78 is 13.2. The highest BCUT2D eigenvalue weighted by Crippen LogP contribution is 2.48. The molecule has 2 aliphatic carbocycles. The molecule has 3 rings (SSSR count). The zero-order valence-electron chi connectivity index (χ0n) is 11.6. The lowest BCUT2D eigenvalue weighted by Crippen LogP contribution is -2.30. The SMILES string of the molecule is CN(CC1CC2CCC1C2)c1ncc(F)cc1C(=O)O. The smallest absolute Gasteiger partial charge is 0.339 e. The van der Waals surface area contributed by atoms with Crippen LogP contribution in [0, 0.1) is 23.6 Å². The van der Waals surface area contributed by atoms with Crippen molar-refractivity contribution < 1.29 is 14.3 Å². The Labute approximate surface area is 117 Å². The van der Waals surface area contributed by atoms with Crippen molar-refractivity contribution in [3.05, 3.63) is 23.6 Å². The van der Waals surface area contributed by atoms with Gasteiger partial charge >= 0.3 is 5.97 Å². The van der Waals surface area contributed by atoms with E-state index >= 15 is 0 Å². The van der Waals surface area contributed by atoms with Gasteiger partial charge < -0.3 is 10.0 Å². The number of hydrogen-bond acceptors (Lipinski definition) is 3. The molecule has 3 unspecified atom stereocenters. The van der Waals surface area contributed by atoms with Crippen LogP contribution in [0.3, 0.4) is 0 Å². The standard InChI is InChI=1S/C15H19FN2O2/c1-18(8-11-5-9-2-3-10(11)4-9)14-13(15(19)20)6-12(16)7-17-14/h6-7,9-11H,2-5,8H2,1H3,(H,19,20). The van der Waals surface area contributed by atoms with Gasteiger partial charge in [-0.1, -0.05) is 6.42 Å². The lowest BCUT2D eigenvalue weighted by Gasteiger charge is -2.28. The molecule has 0 spiro atoms. The van der Waals surface area contributed by atoms with Crippen LogP contribution in [0.4, 0.5) is 10.2 Å². The van der Waals surface area contributed by atoms with Crippen molar-refractivity contribution in [1.82, 2.24) is 4.98 Å². The van der Waals surface area contributed by atoms with E-state index in [2.05, 4.69) is 4.98 Å². The van der Waals surface area contributed by atoms with Crippen LogP contribution in [0.2, 0.25) is 0 Å². The second kappa shape index (κ2) is 5.04. The average Bonchev–Trinajstić information content (AvgIpc) is 3.00. The molecule has 0 amide bonds. The summed E-state index contributed by atoms with van der Waals surface area (Å²) in [5.41, 5.74) is -0.0596. The number of carbonyl (C=O) groups is 1. The van der Waals surface area contributed by atoms with Gasteiger partial charge in [-0.25, -0.2) is 14.2 Å². The number of pyridine rings is 1. The summed E-state index contributed by atoms with van der Waals surface area (Å²) in [7, 11) is 1.85. The summed E-state index contributed by atoms with van der Waals surface area (Å²) in [6, 6.07) is 1.04. The van der Waals surface area contributed by atoms with E-state index in [-0.39, 0.29) is 5.56 Å². The average molecular weight is 278 g/mol. The maximum atomic E-state index is 13.2. The largest absolute Gasteiger partial charge is 0.478 e. The van der Waals surface area contributed by atoms with Gasteiger partial charge in [-0.15, -0.1) is 0 Å². The number of hydrogen-bond donors (Lipinski definition) is 1. The van der Waals surface area contributed by atoms with Crippen molar-refractivity contribution in [1.29, 1.82) is 0 Å². The molecule has 4 nitrogen and oxygen atoms in total. The van der Waals surface area contributed by atoms with Gasteiger partial charge in [-0.3, -0.25) is 0 Å². The fourth-order valence-corrected chi connectivity index (χ4v) is 3.93. The Kier molecular flexibility index (Phi) is 3.36. The summed E-state index contributed by atoms with van der Waals surface area (Å²) in [5.74, 6) is 0.870. The zero-order chi connectivity index (χ0) is 14.3. The molecule has 0 aliphatic heterocycles. The van der Waals surface area contributed by atoms with Gasteiger partial charge in [-0.05, 0) is 43.1 Å². The highest BCUT2D eigenvalue weighted by molar-refractivity contribution is 5.93. The van der Waals surface area contributed by atoms with E-state index in [0.717, 1.165) is 30.6 Å². The van der Waals surface area contributed by atoms with Crippen LogP contribution in [0.25, 0.3) is 0 Å². The second-order valence-corrected chi connectivity index (χ2v) is 6.15. The number of aromatic carboxylic acids is 1. The zero-order valence-corrected chi connectivity index (χ0v) is 11.6. The van der Waals surface area contributed by atoms with Crippen LogP contribution < -0.4 is 4.90 Å². The van der Waals surface area contributed by atoms with Crippen LogP contribution in [0.15, 0.2) is 12.3 Å². The molecular formula is C15H19FN2O2. The maximum Gasteiger partial charge on any atom is 0.339 e. The molecule has 2 fully saturated rings. The normalized spacial score (nSPS) is 27.8. The summed E-state index contributed by atoms with van der Waals surface area (Å²) in [4.78, 5) is 17.1. The predicted octanol–water partition coefficient (Wildman–Crippen LogP) is 2.79. The van der Waals surface area contributed by atoms with Crippen molar-refractivity contribution >= 4 is 11.8 Å². The molecule has 2 bridgehead atoms. The van der Waals surface area contributed by atoms with Gasteiger partial charge in [0.2, 0.25) is 0 Å². The first kappa shape index (κ1) is 13.3. The van der Waals surface area contributed by atoms with E-state index in [4.69, 9.17) is 0 Å². The molecule has 20 heavy (non-hydrogen) atoms. The Morgan fingerprint density at radius 2 is 2.30 bits per heavy atom. The third-order valence-electron chi connectivity index (χ3n) is 4.82. The van der Waals surface area contributed by atoms with E-state index in [0.29, 0.717) is 11.7 Å². The molecular weight excluding hydrogens is 259 g/mol. The van der Waals surface area contributed by atoms with Gasteiger partial charge in [0.05, 0.1) is 6.20 Å². The quantitative estimate of drug-likeness (QED) is 0.920. The van der Waals surface area contributed by atoms with Crippen LogP contribution in [0.1, 0.15) is 36.0 Å². The number of fused-ring (bicyclic) bond motifs is 2. The summed E-state index contributed by atoms with van der Waals surface area (Å²) >= 11 is 0. The van der Waals surface area contributed by atoms with Crippen molar-refractivity contribution in [2.45, 2.75) is 25.7 Å². The molecule has 5 heteroatoms. The molecule has 0 aromatic carbocycles. The van der Waals surface area contributed by atoms with Gasteiger partial charge in [0.15, 0.2) is 0 Å². The van der Waals surface area contributed by atoms with Crippen molar-refractivity contribution in [2.24, 2.45) is 17.8 Å². The van der Waals surface area contributed by atoms with Crippen molar-refractivity contribution in [3.8, 4) is 0 Å². The van der Waals surface area contributed by atoms with E-state index in [1.165, 1.54) is 25.7 Å². The monoisotopic (exact) mass is 278 g/mol. The Hall–Kier alpha value is -1.65. The number of halogens is 1. The third-order valence-corrected chi connectivity index (χ3v) is 4.82. The Bertz CT molecular complexity index is 535. The Balaban J connectivity index is 1.77. The van der Waals surface area contributed by atoms with Gasteiger partial charge in [-0.2, -0.15) is 0 Å². The lowest BCUT2D eigenvalue weighted by atomic mass is 9.88. The van der Waals surface area contributed by atoms with Crippen LogP contribution >= 0.6 is 0 Å². The Morgan fingerprint density at radius 1 is 1.50 bits per heavy atom. The lowest BCUT2D eigenvalue weighted by molar-refractivity contribution is 0.0696. The molecule has 0 radical (unpaired) electrons. The molecule has 1 aromatic rings. The molecule has 1 aromatic heterocycles. The summed E-state index contributed by atoms with van der Waals surface area (Å²) in [6.45, 7) is 0.806. The Morgan fingerprint density at radius 3 is 2.90 bits per heavy atom. The van der Waals surface area contributed by atoms with Gasteiger partial charge in [0.25, 0.3) is 0 Å².